The number of amides is 1. The van der Waals surface area contributed by atoms with Crippen LogP contribution in [0.2, 0.25) is 0 Å². The van der Waals surface area contributed by atoms with Gasteiger partial charge in [0.05, 0.1) is 23.6 Å². The number of pyridine rings is 1. The summed E-state index contributed by atoms with van der Waals surface area (Å²) >= 11 is 0. The Balaban J connectivity index is 1.99. The van der Waals surface area contributed by atoms with E-state index < -0.39 is 0 Å². The molecule has 0 radical (unpaired) electrons. The molecule has 1 unspecified atom stereocenters. The largest absolute Gasteiger partial charge is 0.301 e. The van der Waals surface area contributed by atoms with Gasteiger partial charge in [-0.1, -0.05) is 31.9 Å². The first-order chi connectivity index (χ1) is 12.6. The van der Waals surface area contributed by atoms with Crippen molar-refractivity contribution in [3.05, 3.63) is 30.5 Å². The highest BCUT2D eigenvalue weighted by Crippen LogP contribution is 2.41. The minimum absolute atomic E-state index is 0.00863. The van der Waals surface area contributed by atoms with E-state index in [0.717, 1.165) is 41.7 Å². The molecule has 6 heteroatoms. The zero-order valence-electron chi connectivity index (χ0n) is 15.9. The van der Waals surface area contributed by atoms with Crippen LogP contribution in [0, 0.1) is 0 Å². The number of nitrogens with one attached hydrogen (secondary N) is 1. The molecule has 1 aliphatic heterocycles. The fourth-order valence-corrected chi connectivity index (χ4v) is 3.49. The summed E-state index contributed by atoms with van der Waals surface area (Å²) in [6.45, 7) is 3.35. The summed E-state index contributed by atoms with van der Waals surface area (Å²) in [6, 6.07) is 8.06. The predicted octanol–water partition coefficient (Wildman–Crippen LogP) is 3.39. The Labute approximate surface area is 155 Å². The molecule has 0 fully saturated rings. The van der Waals surface area contributed by atoms with Gasteiger partial charge in [0.25, 0.3) is 5.91 Å². The Bertz CT molecular complexity index is 817. The van der Waals surface area contributed by atoms with E-state index in [2.05, 4.69) is 28.4 Å². The number of fused-ring (bicyclic) bond motifs is 3. The number of nitrogens with zero attached hydrogens (tertiary/aromatic N) is 4. The van der Waals surface area contributed by atoms with Crippen molar-refractivity contribution in [2.75, 3.05) is 27.2 Å². The van der Waals surface area contributed by atoms with Gasteiger partial charge in [0.2, 0.25) is 12.0 Å². The number of rotatable bonds is 8. The molecule has 0 saturated carbocycles. The maximum Gasteiger partial charge on any atom is 0.279 e. The Morgan fingerprint density at radius 2 is 2.00 bits per heavy atom. The number of para-hydroxylation sites is 1. The van der Waals surface area contributed by atoms with Crippen LogP contribution in [0.3, 0.4) is 0 Å². The van der Waals surface area contributed by atoms with Crippen LogP contribution in [0.4, 0.5) is 11.4 Å². The standard InChI is InChI=1S/C20H27N5O/c1-4-5-6-9-12-25(23-19(26)14-24(2)3)15-22-18-13-21-17-11-8-7-10-16(17)20(18)25/h7-8,10-11,13,15H,4-6,9,12,14H2,1-3H3/p+1. The van der Waals surface area contributed by atoms with Crippen molar-refractivity contribution < 1.29 is 4.79 Å². The van der Waals surface area contributed by atoms with Crippen molar-refractivity contribution in [2.45, 2.75) is 32.6 Å². The lowest BCUT2D eigenvalue weighted by Crippen LogP contribution is -2.61. The van der Waals surface area contributed by atoms with Crippen LogP contribution >= 0.6 is 0 Å². The maximum atomic E-state index is 12.6. The van der Waals surface area contributed by atoms with Crippen LogP contribution in [0.15, 0.2) is 35.5 Å². The maximum absolute atomic E-state index is 12.6. The number of benzene rings is 1. The van der Waals surface area contributed by atoms with E-state index in [9.17, 15) is 4.79 Å². The summed E-state index contributed by atoms with van der Waals surface area (Å²) in [7, 11) is 3.80. The van der Waals surface area contributed by atoms with Gasteiger partial charge in [-0.3, -0.25) is 9.78 Å². The van der Waals surface area contributed by atoms with Gasteiger partial charge >= 0.3 is 0 Å². The molecule has 2 heterocycles. The Morgan fingerprint density at radius 3 is 2.77 bits per heavy atom. The molecule has 1 atom stereocenters. The number of aromatic nitrogens is 1. The van der Waals surface area contributed by atoms with E-state index in [1.165, 1.54) is 12.8 Å². The quantitative estimate of drug-likeness (QED) is 0.584. The molecule has 1 aliphatic rings. The van der Waals surface area contributed by atoms with Gasteiger partial charge in [-0.15, -0.1) is 4.59 Å². The average Bonchev–Trinajstić information content (AvgIpc) is 2.97. The number of hydrogen-bond donors (Lipinski definition) is 1. The number of likely N-dealkylation sites (N-methyl/N-ethyl adjacent to an activating group) is 1. The predicted molar refractivity (Wildman–Crippen MR) is 107 cm³/mol. The van der Waals surface area contributed by atoms with E-state index in [0.29, 0.717) is 6.54 Å². The lowest BCUT2D eigenvalue weighted by molar-refractivity contribution is -0.124. The topological polar surface area (TPSA) is 57.6 Å². The van der Waals surface area contributed by atoms with Crippen molar-refractivity contribution in [2.24, 2.45) is 4.99 Å². The molecule has 6 nitrogen and oxygen atoms in total. The molecule has 138 valence electrons. The molecule has 0 saturated heterocycles. The summed E-state index contributed by atoms with van der Waals surface area (Å²) in [5, 5.41) is 1.04. The molecule has 0 aliphatic carbocycles. The third-order valence-electron chi connectivity index (χ3n) is 4.67. The highest BCUT2D eigenvalue weighted by Gasteiger charge is 2.40. The second-order valence-electron chi connectivity index (χ2n) is 7.18. The third-order valence-corrected chi connectivity index (χ3v) is 4.67. The molecule has 3 rings (SSSR count). The van der Waals surface area contributed by atoms with Crippen LogP contribution in [0.5, 0.6) is 0 Å². The molecule has 0 bridgehead atoms. The van der Waals surface area contributed by atoms with Gasteiger partial charge < -0.3 is 4.90 Å². The summed E-state index contributed by atoms with van der Waals surface area (Å²) in [5.41, 5.74) is 6.02. The van der Waals surface area contributed by atoms with Crippen LogP contribution in [-0.2, 0) is 4.79 Å². The van der Waals surface area contributed by atoms with E-state index in [1.54, 1.807) is 6.20 Å². The van der Waals surface area contributed by atoms with Gasteiger partial charge in [0.15, 0.2) is 5.69 Å². The minimum Gasteiger partial charge on any atom is -0.301 e. The van der Waals surface area contributed by atoms with Gasteiger partial charge in [0, 0.05) is 0 Å². The summed E-state index contributed by atoms with van der Waals surface area (Å²) < 4.78 is 0.273. The van der Waals surface area contributed by atoms with Gasteiger partial charge in [-0.05, 0) is 39.1 Å². The van der Waals surface area contributed by atoms with Crippen LogP contribution in [-0.4, -0.2) is 49.3 Å². The first-order valence-electron chi connectivity index (χ1n) is 9.33. The fraction of sp³-hybridized carbons (Fsp3) is 0.450. The van der Waals surface area contributed by atoms with E-state index in [1.807, 2.05) is 43.5 Å². The molecular weight excluding hydrogens is 326 g/mol. The number of quaternary nitrogens is 1. The van der Waals surface area contributed by atoms with E-state index in [-0.39, 0.29) is 10.5 Å². The minimum atomic E-state index is -0.00863. The summed E-state index contributed by atoms with van der Waals surface area (Å²) in [6.07, 6.45) is 8.22. The third kappa shape index (κ3) is 3.76. The highest BCUT2D eigenvalue weighted by atomic mass is 16.2. The SMILES string of the molecule is CCCCCC[N+]1(NC(=O)CN(C)C)C=Nc2cnc3ccccc3c21. The molecule has 1 aromatic carbocycles. The van der Waals surface area contributed by atoms with Crippen LogP contribution in [0.25, 0.3) is 10.9 Å². The lowest BCUT2D eigenvalue weighted by Gasteiger charge is -2.31. The molecule has 1 N–H and O–H groups in total. The van der Waals surface area contributed by atoms with Gasteiger partial charge in [-0.2, -0.15) is 10.4 Å². The molecule has 26 heavy (non-hydrogen) atoms. The molecule has 1 amide bonds. The zero-order chi connectivity index (χ0) is 18.6. The van der Waals surface area contributed by atoms with Crippen molar-refractivity contribution in [1.82, 2.24) is 19.9 Å². The highest BCUT2D eigenvalue weighted by molar-refractivity contribution is 6.04. The fourth-order valence-electron chi connectivity index (χ4n) is 3.49. The number of carbonyl (C=O) groups is 1. The monoisotopic (exact) mass is 354 g/mol. The smallest absolute Gasteiger partial charge is 0.279 e. The van der Waals surface area contributed by atoms with Crippen molar-refractivity contribution in [3.8, 4) is 0 Å². The van der Waals surface area contributed by atoms with E-state index in [4.69, 9.17) is 0 Å². The van der Waals surface area contributed by atoms with Crippen molar-refractivity contribution in [1.29, 1.82) is 0 Å². The number of hydrogen-bond acceptors (Lipinski definition) is 4. The molecule has 0 spiro atoms. The molecular formula is C20H28N5O+. The van der Waals surface area contributed by atoms with Crippen LogP contribution in [0.1, 0.15) is 32.6 Å². The Hall–Kier alpha value is -2.31. The van der Waals surface area contributed by atoms with Crippen LogP contribution < -0.4 is 10.0 Å². The summed E-state index contributed by atoms with van der Waals surface area (Å²) in [4.78, 5) is 23.6. The Morgan fingerprint density at radius 1 is 1.19 bits per heavy atom. The van der Waals surface area contributed by atoms with Crippen molar-refractivity contribution >= 4 is 34.5 Å². The first kappa shape index (κ1) is 18.5. The normalized spacial score (nSPS) is 18.5. The number of unbranched alkanes of at least 4 members (excludes halogenated alkanes) is 3. The molecule has 1 aromatic heterocycles. The lowest BCUT2D eigenvalue weighted by atomic mass is 10.1. The second kappa shape index (κ2) is 7.93. The second-order valence-corrected chi connectivity index (χ2v) is 7.18. The Kier molecular flexibility index (Phi) is 5.64. The zero-order valence-corrected chi connectivity index (χ0v) is 15.9. The van der Waals surface area contributed by atoms with E-state index >= 15 is 0 Å². The van der Waals surface area contributed by atoms with Gasteiger partial charge in [-0.25, -0.2) is 0 Å². The van der Waals surface area contributed by atoms with Crippen molar-refractivity contribution in [3.63, 3.8) is 0 Å². The first-order valence-corrected chi connectivity index (χ1v) is 9.33. The average molecular weight is 354 g/mol. The number of carbonyl (C=O) groups excluding carboxylic acids is 1. The number of aliphatic imine (C=N–C) groups is 1. The molecule has 2 aromatic rings. The summed E-state index contributed by atoms with van der Waals surface area (Å²) in [5.74, 6) is -0.00863. The van der Waals surface area contributed by atoms with Gasteiger partial charge in [0.1, 0.15) is 6.54 Å².